The third-order valence-corrected chi connectivity index (χ3v) is 6.79. The van der Waals surface area contributed by atoms with E-state index >= 15 is 0 Å². The van der Waals surface area contributed by atoms with Gasteiger partial charge in [-0.05, 0) is 51.2 Å². The third-order valence-electron chi connectivity index (χ3n) is 6.79. The van der Waals surface area contributed by atoms with Gasteiger partial charge in [-0.3, -0.25) is 54.0 Å². The number of benzene rings is 1. The maximum absolute atomic E-state index is 13.4. The van der Waals surface area contributed by atoms with Gasteiger partial charge in [0.15, 0.2) is 5.96 Å². The van der Waals surface area contributed by atoms with Gasteiger partial charge in [0.25, 0.3) is 5.69 Å². The van der Waals surface area contributed by atoms with E-state index in [9.17, 15) is 43.7 Å². The lowest BCUT2D eigenvalue weighted by Crippen LogP contribution is -2.57. The van der Waals surface area contributed by atoms with E-state index in [1.807, 2.05) is 0 Å². The van der Waals surface area contributed by atoms with E-state index in [-0.39, 0.29) is 61.4 Å². The van der Waals surface area contributed by atoms with Gasteiger partial charge in [-0.25, -0.2) is 0 Å². The Balaban J connectivity index is 3.09. The SMILES string of the molecule is CC(=O)CN[C@@H](C)C(=O)NCC(=O)N[C@@H](CC(C)C)C(=O)N[C@@H](CC(N)=O)C(=O)N[C@@H](CCCN=C(N)N)C(=O)Nc1ccc([N+](=O)[O-])cc1. The maximum Gasteiger partial charge on any atom is 0.269 e. The second-order valence-corrected chi connectivity index (χ2v) is 11.8. The largest absolute Gasteiger partial charge is 0.370 e. The number of amides is 6. The van der Waals surface area contributed by atoms with E-state index in [1.165, 1.54) is 38.1 Å². The summed E-state index contributed by atoms with van der Waals surface area (Å²) in [5.41, 5.74) is 16.0. The van der Waals surface area contributed by atoms with Crippen molar-refractivity contribution >= 4 is 58.6 Å². The molecule has 6 amide bonds. The van der Waals surface area contributed by atoms with Crippen molar-refractivity contribution in [2.24, 2.45) is 28.1 Å². The van der Waals surface area contributed by atoms with Gasteiger partial charge in [0.1, 0.15) is 23.9 Å². The lowest BCUT2D eigenvalue weighted by atomic mass is 10.0. The number of nitro benzene ring substituents is 1. The molecule has 0 spiro atoms. The van der Waals surface area contributed by atoms with Crippen molar-refractivity contribution < 1.29 is 38.5 Å². The number of primary amides is 1. The molecule has 0 bridgehead atoms. The summed E-state index contributed by atoms with van der Waals surface area (Å²) in [6.07, 6.45) is -0.336. The summed E-state index contributed by atoms with van der Waals surface area (Å²) in [4.78, 5) is 102. The van der Waals surface area contributed by atoms with Crippen LogP contribution >= 0.6 is 0 Å². The van der Waals surface area contributed by atoms with Crippen molar-refractivity contribution in [1.29, 1.82) is 0 Å². The monoisotopic (exact) mass is 705 g/mol. The number of ketones is 1. The Morgan fingerprint density at radius 1 is 0.820 bits per heavy atom. The number of hydrogen-bond acceptors (Lipinski definition) is 11. The van der Waals surface area contributed by atoms with Gasteiger partial charge in [-0.15, -0.1) is 0 Å². The smallest absolute Gasteiger partial charge is 0.269 e. The first-order valence-electron chi connectivity index (χ1n) is 15.7. The van der Waals surface area contributed by atoms with Crippen LogP contribution < -0.4 is 49.1 Å². The normalized spacial score (nSPS) is 13.1. The minimum atomic E-state index is -1.56. The zero-order chi connectivity index (χ0) is 38.0. The van der Waals surface area contributed by atoms with Crippen LogP contribution in [0.4, 0.5) is 11.4 Å². The lowest BCUT2D eigenvalue weighted by molar-refractivity contribution is -0.384. The van der Waals surface area contributed by atoms with Gasteiger partial charge in [0.05, 0.1) is 30.5 Å². The van der Waals surface area contributed by atoms with E-state index in [0.29, 0.717) is 0 Å². The summed E-state index contributed by atoms with van der Waals surface area (Å²) in [6, 6.07) is 0.159. The average molecular weight is 706 g/mol. The number of Topliss-reactive ketones (excluding diaryl/α,β-unsaturated/α-hetero) is 1. The predicted octanol–water partition coefficient (Wildman–Crippen LogP) is -2.35. The van der Waals surface area contributed by atoms with E-state index in [0.717, 1.165) is 0 Å². The molecule has 0 aliphatic rings. The molecule has 0 fully saturated rings. The van der Waals surface area contributed by atoms with Crippen molar-refractivity contribution in [3.05, 3.63) is 34.4 Å². The molecule has 0 radical (unpaired) electrons. The van der Waals surface area contributed by atoms with Crippen molar-refractivity contribution in [3.63, 3.8) is 0 Å². The minimum absolute atomic E-state index is 0.000780. The van der Waals surface area contributed by atoms with Crippen molar-refractivity contribution in [2.75, 3.05) is 25.0 Å². The summed E-state index contributed by atoms with van der Waals surface area (Å²) < 4.78 is 0. The number of carbonyl (C=O) groups excluding carboxylic acids is 7. The molecule has 50 heavy (non-hydrogen) atoms. The highest BCUT2D eigenvalue weighted by atomic mass is 16.6. The highest BCUT2D eigenvalue weighted by Gasteiger charge is 2.31. The molecule has 0 unspecified atom stereocenters. The molecule has 0 aliphatic heterocycles. The number of non-ortho nitro benzene ring substituents is 1. The molecule has 20 nitrogen and oxygen atoms in total. The molecule has 276 valence electrons. The zero-order valence-electron chi connectivity index (χ0n) is 28.4. The average Bonchev–Trinajstić information content (AvgIpc) is 3.02. The first-order valence-corrected chi connectivity index (χ1v) is 15.7. The molecule has 0 aromatic heterocycles. The Hall–Kier alpha value is -5.66. The van der Waals surface area contributed by atoms with Crippen LogP contribution in [0.3, 0.4) is 0 Å². The Bertz CT molecular complexity index is 1410. The number of hydrogen-bond donors (Lipinski definition) is 9. The highest BCUT2D eigenvalue weighted by molar-refractivity contribution is 6.00. The fourth-order valence-corrected chi connectivity index (χ4v) is 4.28. The van der Waals surface area contributed by atoms with Crippen molar-refractivity contribution in [3.8, 4) is 0 Å². The zero-order valence-corrected chi connectivity index (χ0v) is 28.4. The Morgan fingerprint density at radius 3 is 1.96 bits per heavy atom. The van der Waals surface area contributed by atoms with Crippen LogP contribution in [0.25, 0.3) is 0 Å². The summed E-state index contributed by atoms with van der Waals surface area (Å²) in [7, 11) is 0. The van der Waals surface area contributed by atoms with Crippen LogP contribution in [0, 0.1) is 16.0 Å². The second-order valence-electron chi connectivity index (χ2n) is 11.8. The van der Waals surface area contributed by atoms with Crippen LogP contribution in [-0.2, 0) is 33.6 Å². The van der Waals surface area contributed by atoms with Gasteiger partial charge < -0.3 is 43.8 Å². The molecule has 0 aliphatic carbocycles. The van der Waals surface area contributed by atoms with Crippen LogP contribution in [-0.4, -0.2) is 95.9 Å². The summed E-state index contributed by atoms with van der Waals surface area (Å²) in [5.74, 6) is -5.25. The van der Waals surface area contributed by atoms with Crippen LogP contribution in [0.15, 0.2) is 29.3 Å². The highest BCUT2D eigenvalue weighted by Crippen LogP contribution is 2.16. The molecule has 12 N–H and O–H groups in total. The molecule has 1 aromatic carbocycles. The minimum Gasteiger partial charge on any atom is -0.370 e. The number of aliphatic imine (C=N–C) groups is 1. The summed E-state index contributed by atoms with van der Waals surface area (Å²) >= 11 is 0. The third kappa shape index (κ3) is 16.9. The number of nitrogens with one attached hydrogen (secondary N) is 6. The van der Waals surface area contributed by atoms with Crippen LogP contribution in [0.2, 0.25) is 0 Å². The molecule has 0 saturated carbocycles. The van der Waals surface area contributed by atoms with E-state index in [1.54, 1.807) is 13.8 Å². The number of carbonyl (C=O) groups is 7. The van der Waals surface area contributed by atoms with Crippen molar-refractivity contribution in [2.45, 2.75) is 77.5 Å². The molecular weight excluding hydrogens is 658 g/mol. The van der Waals surface area contributed by atoms with E-state index < -0.39 is 77.5 Å². The topological polar surface area (TPSA) is 325 Å². The van der Waals surface area contributed by atoms with Gasteiger partial charge in [0.2, 0.25) is 35.4 Å². The Labute approximate surface area is 288 Å². The van der Waals surface area contributed by atoms with Crippen LogP contribution in [0.1, 0.15) is 53.4 Å². The Kier molecular flexibility index (Phi) is 18.1. The Morgan fingerprint density at radius 2 is 1.42 bits per heavy atom. The number of nitrogens with zero attached hydrogens (tertiary/aromatic N) is 2. The number of rotatable bonds is 22. The number of nitrogens with two attached hydrogens (primary N) is 3. The van der Waals surface area contributed by atoms with E-state index in [2.05, 4.69) is 36.9 Å². The standard InChI is InChI=1S/C30H47N11O9/c1-16(2)12-22(38-25(44)15-36-26(45)18(4)35-14-17(3)42)28(47)40-23(13-24(31)43)29(48)39-21(6-5-11-34-30(32)33)27(46)37-19-7-9-20(10-8-19)41(49)50/h7-10,16,18,21-23,35H,5-6,11-15H2,1-4H3,(H2,31,43)(H,36,45)(H,37,46)(H,38,44)(H,39,48)(H,40,47)(H4,32,33,34)/t18-,21-,22-,23-/m0/s1. The van der Waals surface area contributed by atoms with Gasteiger partial charge in [-0.2, -0.15) is 0 Å². The maximum atomic E-state index is 13.4. The molecule has 1 rings (SSSR count). The number of guanidine groups is 1. The fraction of sp³-hybridized carbons (Fsp3) is 0.533. The van der Waals surface area contributed by atoms with E-state index in [4.69, 9.17) is 17.2 Å². The number of nitro groups is 1. The molecular formula is C30H47N11O9. The molecule has 20 heteroatoms. The molecule has 0 saturated heterocycles. The quantitative estimate of drug-likeness (QED) is 0.0201. The van der Waals surface area contributed by atoms with Gasteiger partial charge in [-0.1, -0.05) is 13.8 Å². The summed E-state index contributed by atoms with van der Waals surface area (Å²) in [5, 5.41) is 26.0. The van der Waals surface area contributed by atoms with Gasteiger partial charge in [0, 0.05) is 24.4 Å². The molecule has 1 aromatic rings. The van der Waals surface area contributed by atoms with Crippen molar-refractivity contribution in [1.82, 2.24) is 26.6 Å². The summed E-state index contributed by atoms with van der Waals surface area (Å²) in [6.45, 7) is 5.97. The first kappa shape index (κ1) is 42.4. The molecule has 4 atom stereocenters. The lowest BCUT2D eigenvalue weighted by Gasteiger charge is -2.25. The van der Waals surface area contributed by atoms with Crippen LogP contribution in [0.5, 0.6) is 0 Å². The first-order chi connectivity index (χ1) is 23.4. The molecule has 0 heterocycles. The predicted molar refractivity (Wildman–Crippen MR) is 182 cm³/mol. The second kappa shape index (κ2) is 21.3. The van der Waals surface area contributed by atoms with Gasteiger partial charge >= 0.3 is 0 Å². The number of anilines is 1. The fourth-order valence-electron chi connectivity index (χ4n) is 4.28.